The maximum Gasteiger partial charge on any atom is 0.224 e. The Bertz CT molecular complexity index is 1070. The number of aromatic nitrogens is 4. The SMILES string of the molecule is COC[C@]1(C)CN(c2nc(N)nc3nc[nH]c23)c2cc(C3(O)CCCC3)ccc21. The Hall–Kier alpha value is -2.71. The minimum absolute atomic E-state index is 0.187. The molecule has 3 heterocycles. The largest absolute Gasteiger partial charge is 0.385 e. The van der Waals surface area contributed by atoms with Crippen LogP contribution in [0.3, 0.4) is 0 Å². The zero-order valence-corrected chi connectivity index (χ0v) is 16.8. The molecule has 1 saturated carbocycles. The molecule has 0 saturated heterocycles. The molecule has 1 aliphatic heterocycles. The summed E-state index contributed by atoms with van der Waals surface area (Å²) in [6.07, 6.45) is 5.30. The molecule has 0 bridgehead atoms. The molecule has 8 nitrogen and oxygen atoms in total. The molecule has 3 aromatic rings. The number of aromatic amines is 1. The lowest BCUT2D eigenvalue weighted by atomic mass is 9.83. The molecule has 0 radical (unpaired) electrons. The number of nitrogens with two attached hydrogens (primary N) is 1. The van der Waals surface area contributed by atoms with E-state index in [9.17, 15) is 5.11 Å². The first-order chi connectivity index (χ1) is 13.9. The van der Waals surface area contributed by atoms with Gasteiger partial charge in [0.2, 0.25) is 5.95 Å². The summed E-state index contributed by atoms with van der Waals surface area (Å²) in [7, 11) is 1.72. The highest BCUT2D eigenvalue weighted by molar-refractivity contribution is 5.89. The van der Waals surface area contributed by atoms with Gasteiger partial charge in [-0.15, -0.1) is 0 Å². The van der Waals surface area contributed by atoms with E-state index in [0.29, 0.717) is 24.6 Å². The Morgan fingerprint density at radius 3 is 2.83 bits per heavy atom. The summed E-state index contributed by atoms with van der Waals surface area (Å²) < 4.78 is 5.56. The number of nitrogens with one attached hydrogen (secondary N) is 1. The van der Waals surface area contributed by atoms with Gasteiger partial charge in [-0.1, -0.05) is 31.9 Å². The van der Waals surface area contributed by atoms with Gasteiger partial charge in [-0.2, -0.15) is 9.97 Å². The van der Waals surface area contributed by atoms with Crippen LogP contribution in [-0.4, -0.2) is 45.3 Å². The number of ether oxygens (including phenoxy) is 1. The van der Waals surface area contributed by atoms with Crippen LogP contribution in [0.25, 0.3) is 11.2 Å². The third-order valence-corrected chi connectivity index (χ3v) is 6.42. The number of methoxy groups -OCH3 is 1. The lowest BCUT2D eigenvalue weighted by Crippen LogP contribution is -2.33. The zero-order valence-electron chi connectivity index (χ0n) is 16.8. The normalized spacial score (nSPS) is 23.1. The molecule has 2 aliphatic rings. The maximum atomic E-state index is 11.2. The Morgan fingerprint density at radius 2 is 2.07 bits per heavy atom. The number of fused-ring (bicyclic) bond motifs is 2. The number of nitrogen functional groups attached to an aromatic ring is 1. The molecule has 8 heteroatoms. The van der Waals surface area contributed by atoms with Gasteiger partial charge in [-0.05, 0) is 30.0 Å². The maximum absolute atomic E-state index is 11.2. The van der Waals surface area contributed by atoms with Gasteiger partial charge in [-0.25, -0.2) is 4.98 Å². The number of nitrogens with zero attached hydrogens (tertiary/aromatic N) is 4. The molecule has 0 unspecified atom stereocenters. The number of rotatable bonds is 4. The standard InChI is InChI=1S/C21H26N6O2/c1-20(11-29-2)10-27(18-16-17(24-12-23-16)25-19(22)26-18)15-9-13(5-6-14(15)20)21(28)7-3-4-8-21/h5-6,9,12,28H,3-4,7-8,10-11H2,1-2H3,(H3,22,23,24,25,26)/t20-/m0/s1. The molecular formula is C21H26N6O2. The van der Waals surface area contributed by atoms with Crippen molar-refractivity contribution in [1.82, 2.24) is 19.9 Å². The van der Waals surface area contributed by atoms with Gasteiger partial charge in [0.25, 0.3) is 0 Å². The van der Waals surface area contributed by atoms with Crippen LogP contribution < -0.4 is 10.6 Å². The number of hydrogen-bond donors (Lipinski definition) is 3. The van der Waals surface area contributed by atoms with Crippen molar-refractivity contribution in [3.63, 3.8) is 0 Å². The Kier molecular flexibility index (Phi) is 4.04. The first-order valence-corrected chi connectivity index (χ1v) is 10.0. The fraction of sp³-hybridized carbons (Fsp3) is 0.476. The van der Waals surface area contributed by atoms with Crippen molar-refractivity contribution in [1.29, 1.82) is 0 Å². The van der Waals surface area contributed by atoms with Crippen LogP contribution in [0.2, 0.25) is 0 Å². The van der Waals surface area contributed by atoms with Crippen LogP contribution in [0.1, 0.15) is 43.7 Å². The first kappa shape index (κ1) is 18.3. The summed E-state index contributed by atoms with van der Waals surface area (Å²) in [5, 5.41) is 11.2. The monoisotopic (exact) mass is 394 g/mol. The molecule has 29 heavy (non-hydrogen) atoms. The third-order valence-electron chi connectivity index (χ3n) is 6.42. The van der Waals surface area contributed by atoms with Crippen molar-refractivity contribution in [2.45, 2.75) is 43.6 Å². The van der Waals surface area contributed by atoms with Crippen LogP contribution in [0.4, 0.5) is 17.5 Å². The summed E-state index contributed by atoms with van der Waals surface area (Å²) in [6.45, 7) is 3.45. The first-order valence-electron chi connectivity index (χ1n) is 10.0. The quantitative estimate of drug-likeness (QED) is 0.623. The number of aliphatic hydroxyl groups is 1. The summed E-state index contributed by atoms with van der Waals surface area (Å²) >= 11 is 0. The van der Waals surface area contributed by atoms with Crippen molar-refractivity contribution in [2.75, 3.05) is 30.9 Å². The third kappa shape index (κ3) is 2.78. The predicted octanol–water partition coefficient (Wildman–Crippen LogP) is 2.75. The van der Waals surface area contributed by atoms with E-state index in [4.69, 9.17) is 10.5 Å². The van der Waals surface area contributed by atoms with Gasteiger partial charge in [0, 0.05) is 24.8 Å². The van der Waals surface area contributed by atoms with E-state index in [-0.39, 0.29) is 11.4 Å². The number of benzene rings is 1. The van der Waals surface area contributed by atoms with E-state index >= 15 is 0 Å². The van der Waals surface area contributed by atoms with Gasteiger partial charge >= 0.3 is 0 Å². The number of imidazole rings is 1. The summed E-state index contributed by atoms with van der Waals surface area (Å²) in [4.78, 5) is 18.3. The average molecular weight is 394 g/mol. The van der Waals surface area contributed by atoms with Crippen LogP contribution in [-0.2, 0) is 15.8 Å². The van der Waals surface area contributed by atoms with Gasteiger partial charge < -0.3 is 25.5 Å². The van der Waals surface area contributed by atoms with Crippen molar-refractivity contribution >= 4 is 28.6 Å². The van der Waals surface area contributed by atoms with Gasteiger partial charge in [0.15, 0.2) is 11.5 Å². The zero-order chi connectivity index (χ0) is 20.2. The second-order valence-corrected chi connectivity index (χ2v) is 8.56. The van der Waals surface area contributed by atoms with Crippen LogP contribution in [0.5, 0.6) is 0 Å². The Balaban J connectivity index is 1.69. The van der Waals surface area contributed by atoms with Gasteiger partial charge in [-0.3, -0.25) is 0 Å². The molecule has 152 valence electrons. The second kappa shape index (κ2) is 6.40. The highest BCUT2D eigenvalue weighted by Gasteiger charge is 2.42. The fourth-order valence-electron chi connectivity index (χ4n) is 4.98. The molecule has 1 aromatic carbocycles. The van der Waals surface area contributed by atoms with E-state index in [0.717, 1.165) is 42.5 Å². The molecule has 2 aromatic heterocycles. The Labute approximate surface area is 169 Å². The van der Waals surface area contributed by atoms with E-state index in [2.05, 4.69) is 50.0 Å². The second-order valence-electron chi connectivity index (χ2n) is 8.56. The molecule has 0 spiro atoms. The van der Waals surface area contributed by atoms with Crippen molar-refractivity contribution in [3.8, 4) is 0 Å². The minimum atomic E-state index is -0.755. The number of anilines is 3. The van der Waals surface area contributed by atoms with Gasteiger partial charge in [0.1, 0.15) is 5.52 Å². The van der Waals surface area contributed by atoms with Crippen LogP contribution in [0.15, 0.2) is 24.5 Å². The molecule has 1 aliphatic carbocycles. The summed E-state index contributed by atoms with van der Waals surface area (Å²) in [6, 6.07) is 6.32. The lowest BCUT2D eigenvalue weighted by molar-refractivity contribution is 0.0445. The fourth-order valence-corrected chi connectivity index (χ4v) is 4.98. The smallest absolute Gasteiger partial charge is 0.224 e. The number of hydrogen-bond acceptors (Lipinski definition) is 7. The molecule has 1 atom stereocenters. The predicted molar refractivity (Wildman–Crippen MR) is 111 cm³/mol. The molecule has 4 N–H and O–H groups in total. The van der Waals surface area contributed by atoms with Crippen LogP contribution in [0, 0.1) is 0 Å². The Morgan fingerprint density at radius 1 is 1.28 bits per heavy atom. The molecule has 0 amide bonds. The van der Waals surface area contributed by atoms with E-state index in [1.165, 1.54) is 5.56 Å². The lowest BCUT2D eigenvalue weighted by Gasteiger charge is -2.25. The molecule has 1 fully saturated rings. The summed E-state index contributed by atoms with van der Waals surface area (Å²) in [5.41, 5.74) is 9.46. The van der Waals surface area contributed by atoms with Crippen LogP contribution >= 0.6 is 0 Å². The van der Waals surface area contributed by atoms with E-state index in [1.807, 2.05) is 0 Å². The number of H-pyrrole nitrogens is 1. The van der Waals surface area contributed by atoms with Gasteiger partial charge in [0.05, 0.1) is 18.5 Å². The van der Waals surface area contributed by atoms with Crippen molar-refractivity contribution in [3.05, 3.63) is 35.7 Å². The van der Waals surface area contributed by atoms with E-state index in [1.54, 1.807) is 13.4 Å². The van der Waals surface area contributed by atoms with E-state index < -0.39 is 5.60 Å². The van der Waals surface area contributed by atoms with Crippen molar-refractivity contribution in [2.24, 2.45) is 0 Å². The minimum Gasteiger partial charge on any atom is -0.385 e. The molecule has 5 rings (SSSR count). The topological polar surface area (TPSA) is 113 Å². The summed E-state index contributed by atoms with van der Waals surface area (Å²) in [5.74, 6) is 0.883. The average Bonchev–Trinajstić information content (AvgIpc) is 3.40. The molecular weight excluding hydrogens is 368 g/mol. The van der Waals surface area contributed by atoms with Crippen molar-refractivity contribution < 1.29 is 9.84 Å². The highest BCUT2D eigenvalue weighted by atomic mass is 16.5. The highest BCUT2D eigenvalue weighted by Crippen LogP contribution is 2.48.